The summed E-state index contributed by atoms with van der Waals surface area (Å²) in [5.74, 6) is -0.333. The van der Waals surface area contributed by atoms with Crippen molar-refractivity contribution in [2.75, 3.05) is 0 Å². The van der Waals surface area contributed by atoms with E-state index in [1.165, 1.54) is 6.92 Å². The van der Waals surface area contributed by atoms with E-state index in [2.05, 4.69) is 15.9 Å². The number of ketones is 1. The molecule has 1 nitrogen and oxygen atoms in total. The third-order valence-electron chi connectivity index (χ3n) is 1.63. The Morgan fingerprint density at radius 3 is 2.75 bits per heavy atom. The van der Waals surface area contributed by atoms with Crippen LogP contribution >= 0.6 is 39.1 Å². The molecule has 0 spiro atoms. The lowest BCUT2D eigenvalue weighted by Gasteiger charge is -2.25. The summed E-state index contributed by atoms with van der Waals surface area (Å²) in [6.07, 6.45) is 4.99. The summed E-state index contributed by atoms with van der Waals surface area (Å²) >= 11 is 15.0. The quantitative estimate of drug-likeness (QED) is 0.668. The molecular formula is C8H7BrCl2O. The van der Waals surface area contributed by atoms with E-state index < -0.39 is 3.78 Å². The lowest BCUT2D eigenvalue weighted by Crippen LogP contribution is -2.29. The maximum absolute atomic E-state index is 11.1. The molecule has 1 aliphatic carbocycles. The van der Waals surface area contributed by atoms with Crippen molar-refractivity contribution in [2.45, 2.75) is 10.7 Å². The van der Waals surface area contributed by atoms with E-state index in [1.54, 1.807) is 18.2 Å². The van der Waals surface area contributed by atoms with E-state index in [9.17, 15) is 4.79 Å². The minimum atomic E-state index is -0.856. The predicted octanol–water partition coefficient (Wildman–Crippen LogP) is 3.21. The van der Waals surface area contributed by atoms with Gasteiger partial charge < -0.3 is 0 Å². The highest BCUT2D eigenvalue weighted by molar-refractivity contribution is 9.10. The Hall–Kier alpha value is 0.210. The van der Waals surface area contributed by atoms with Gasteiger partial charge in [0.2, 0.25) is 0 Å². The Labute approximate surface area is 89.5 Å². The Bertz CT molecular complexity index is 268. The smallest absolute Gasteiger partial charge is 0.139 e. The van der Waals surface area contributed by atoms with Crippen molar-refractivity contribution in [3.63, 3.8) is 0 Å². The fraction of sp³-hybridized carbons (Fsp3) is 0.375. The molecule has 0 aromatic heterocycles. The molecule has 0 fully saturated rings. The first-order valence-corrected chi connectivity index (χ1v) is 4.93. The fourth-order valence-electron chi connectivity index (χ4n) is 1.04. The van der Waals surface area contributed by atoms with Crippen LogP contribution in [0.1, 0.15) is 6.92 Å². The highest BCUT2D eigenvalue weighted by Gasteiger charge is 2.35. The maximum atomic E-state index is 11.1. The second-order valence-electron chi connectivity index (χ2n) is 2.65. The van der Waals surface area contributed by atoms with Gasteiger partial charge >= 0.3 is 0 Å². The molecule has 4 heteroatoms. The normalized spacial score (nSPS) is 34.7. The molecular weight excluding hydrogens is 263 g/mol. The molecule has 0 aromatic carbocycles. The maximum Gasteiger partial charge on any atom is 0.139 e. The van der Waals surface area contributed by atoms with Gasteiger partial charge in [0.15, 0.2) is 0 Å². The molecule has 1 rings (SSSR count). The van der Waals surface area contributed by atoms with Crippen molar-refractivity contribution in [1.82, 2.24) is 0 Å². The fourth-order valence-corrected chi connectivity index (χ4v) is 2.54. The molecule has 0 bridgehead atoms. The van der Waals surface area contributed by atoms with Crippen LogP contribution in [0, 0.1) is 5.92 Å². The number of rotatable bonds is 1. The molecule has 0 heterocycles. The molecule has 0 saturated carbocycles. The molecule has 0 N–H and O–H groups in total. The van der Waals surface area contributed by atoms with Crippen LogP contribution in [-0.2, 0) is 4.79 Å². The molecule has 2 unspecified atom stereocenters. The van der Waals surface area contributed by atoms with Gasteiger partial charge in [-0.3, -0.25) is 4.79 Å². The van der Waals surface area contributed by atoms with E-state index >= 15 is 0 Å². The summed E-state index contributed by atoms with van der Waals surface area (Å²) in [6.45, 7) is 1.50. The lowest BCUT2D eigenvalue weighted by molar-refractivity contribution is -0.119. The van der Waals surface area contributed by atoms with Crippen molar-refractivity contribution >= 4 is 44.9 Å². The molecule has 66 valence electrons. The van der Waals surface area contributed by atoms with Gasteiger partial charge in [0, 0.05) is 5.03 Å². The second kappa shape index (κ2) is 3.52. The van der Waals surface area contributed by atoms with Crippen LogP contribution in [0.15, 0.2) is 23.3 Å². The number of hydrogen-bond acceptors (Lipinski definition) is 1. The number of Topliss-reactive ketones (excluding diaryl/α,β-unsaturated/α-hetero) is 1. The van der Waals surface area contributed by atoms with Crippen LogP contribution in [-0.4, -0.2) is 9.57 Å². The molecule has 1 aliphatic rings. The highest BCUT2D eigenvalue weighted by atomic mass is 79.9. The zero-order valence-corrected chi connectivity index (χ0v) is 9.45. The standard InChI is InChI=1S/C8H7BrCl2O/c1-5(12)7-3-2-6(10)4-8(7,9)11/h2-4,7H,1H3. The summed E-state index contributed by atoms with van der Waals surface area (Å²) in [5.41, 5.74) is 0. The number of carbonyl (C=O) groups is 1. The van der Waals surface area contributed by atoms with Gasteiger partial charge in [-0.2, -0.15) is 0 Å². The molecule has 0 saturated heterocycles. The molecule has 0 amide bonds. The van der Waals surface area contributed by atoms with Crippen LogP contribution < -0.4 is 0 Å². The van der Waals surface area contributed by atoms with E-state index in [4.69, 9.17) is 23.2 Å². The topological polar surface area (TPSA) is 17.1 Å². The van der Waals surface area contributed by atoms with Gasteiger partial charge in [-0.05, 0) is 19.1 Å². The third kappa shape index (κ3) is 2.12. The van der Waals surface area contributed by atoms with Crippen LogP contribution in [0.4, 0.5) is 0 Å². The van der Waals surface area contributed by atoms with E-state index in [0.717, 1.165) is 0 Å². The minimum Gasteiger partial charge on any atom is -0.299 e. The van der Waals surface area contributed by atoms with Gasteiger partial charge in [0.05, 0.1) is 5.92 Å². The molecule has 0 aliphatic heterocycles. The van der Waals surface area contributed by atoms with Crippen LogP contribution in [0.2, 0.25) is 0 Å². The molecule has 12 heavy (non-hydrogen) atoms. The van der Waals surface area contributed by atoms with Crippen molar-refractivity contribution in [2.24, 2.45) is 5.92 Å². The largest absolute Gasteiger partial charge is 0.299 e. The van der Waals surface area contributed by atoms with E-state index in [1.807, 2.05) is 0 Å². The zero-order valence-electron chi connectivity index (χ0n) is 6.35. The summed E-state index contributed by atoms with van der Waals surface area (Å²) < 4.78 is -0.856. The van der Waals surface area contributed by atoms with Crippen LogP contribution in [0.5, 0.6) is 0 Å². The number of hydrogen-bond donors (Lipinski definition) is 0. The highest BCUT2D eigenvalue weighted by Crippen LogP contribution is 2.40. The average molecular weight is 270 g/mol. The Morgan fingerprint density at radius 1 is 1.75 bits per heavy atom. The first-order valence-electron chi connectivity index (χ1n) is 3.38. The van der Waals surface area contributed by atoms with Crippen molar-refractivity contribution in [1.29, 1.82) is 0 Å². The van der Waals surface area contributed by atoms with E-state index in [0.29, 0.717) is 5.03 Å². The first-order chi connectivity index (χ1) is 5.43. The monoisotopic (exact) mass is 268 g/mol. The molecule has 0 radical (unpaired) electrons. The summed E-state index contributed by atoms with van der Waals surface area (Å²) in [7, 11) is 0. The third-order valence-corrected chi connectivity index (χ3v) is 2.93. The molecule has 2 atom stereocenters. The summed E-state index contributed by atoms with van der Waals surface area (Å²) in [4.78, 5) is 11.1. The number of halogens is 3. The first kappa shape index (κ1) is 10.3. The van der Waals surface area contributed by atoms with Gasteiger partial charge in [-0.15, -0.1) is 11.6 Å². The van der Waals surface area contributed by atoms with Crippen LogP contribution in [0.25, 0.3) is 0 Å². The van der Waals surface area contributed by atoms with Gasteiger partial charge in [-0.1, -0.05) is 33.6 Å². The van der Waals surface area contributed by atoms with Crippen molar-refractivity contribution < 1.29 is 4.79 Å². The van der Waals surface area contributed by atoms with Gasteiger partial charge in [0.25, 0.3) is 0 Å². The Morgan fingerprint density at radius 2 is 2.33 bits per heavy atom. The number of allylic oxidation sites excluding steroid dienone is 4. The van der Waals surface area contributed by atoms with Crippen LogP contribution in [0.3, 0.4) is 0 Å². The SMILES string of the molecule is CC(=O)C1C=CC(Cl)=CC1(Cl)Br. The minimum absolute atomic E-state index is 0.0125. The van der Waals surface area contributed by atoms with Crippen molar-refractivity contribution in [3.8, 4) is 0 Å². The van der Waals surface area contributed by atoms with Crippen molar-refractivity contribution in [3.05, 3.63) is 23.3 Å². The van der Waals surface area contributed by atoms with E-state index in [-0.39, 0.29) is 11.7 Å². The predicted molar refractivity (Wildman–Crippen MR) is 54.8 cm³/mol. The summed E-state index contributed by atoms with van der Waals surface area (Å²) in [5, 5.41) is 0.541. The Balaban J connectivity index is 2.96. The number of alkyl halides is 2. The number of carbonyl (C=O) groups excluding carboxylic acids is 1. The lowest BCUT2D eigenvalue weighted by atomic mass is 9.96. The molecule has 0 aromatic rings. The Kier molecular flexibility index (Phi) is 3.02. The zero-order chi connectivity index (χ0) is 9.35. The summed E-state index contributed by atoms with van der Waals surface area (Å²) in [6, 6.07) is 0. The average Bonchev–Trinajstić information content (AvgIpc) is 1.82. The van der Waals surface area contributed by atoms with Gasteiger partial charge in [-0.25, -0.2) is 0 Å². The van der Waals surface area contributed by atoms with Gasteiger partial charge in [0.1, 0.15) is 9.57 Å². The second-order valence-corrected chi connectivity index (χ2v) is 5.48.